The van der Waals surface area contributed by atoms with Crippen molar-refractivity contribution in [1.82, 2.24) is 4.90 Å². The van der Waals surface area contributed by atoms with Crippen LogP contribution in [0.5, 0.6) is 17.2 Å². The van der Waals surface area contributed by atoms with Crippen LogP contribution in [-0.2, 0) is 6.54 Å². The highest BCUT2D eigenvalue weighted by Gasteiger charge is 2.29. The second-order valence-corrected chi connectivity index (χ2v) is 4.43. The van der Waals surface area contributed by atoms with Crippen molar-refractivity contribution in [3.8, 4) is 17.2 Å². The molecule has 0 spiro atoms. The van der Waals surface area contributed by atoms with E-state index in [0.29, 0.717) is 23.8 Å². The molecule has 18 heavy (non-hydrogen) atoms. The third-order valence-electron chi connectivity index (χ3n) is 3.24. The van der Waals surface area contributed by atoms with Gasteiger partial charge in [0.2, 0.25) is 5.75 Å². The monoisotopic (exact) mass is 253 g/mol. The largest absolute Gasteiger partial charge is 0.493 e. The molecule has 0 unspecified atom stereocenters. The van der Waals surface area contributed by atoms with E-state index < -0.39 is 6.10 Å². The average molecular weight is 253 g/mol. The van der Waals surface area contributed by atoms with E-state index >= 15 is 0 Å². The maximum atomic E-state index is 10.1. The lowest BCUT2D eigenvalue weighted by molar-refractivity contribution is 0.106. The molecule has 1 atom stereocenters. The van der Waals surface area contributed by atoms with E-state index in [1.54, 1.807) is 21.3 Å². The van der Waals surface area contributed by atoms with Crippen molar-refractivity contribution < 1.29 is 19.3 Å². The van der Waals surface area contributed by atoms with E-state index in [0.717, 1.165) is 17.7 Å². The molecule has 0 amide bonds. The van der Waals surface area contributed by atoms with E-state index in [9.17, 15) is 5.11 Å². The number of nitrogens with zero attached hydrogens (tertiary/aromatic N) is 1. The molecule has 5 nitrogen and oxygen atoms in total. The van der Waals surface area contributed by atoms with Crippen molar-refractivity contribution in [2.75, 3.05) is 34.9 Å². The molecule has 0 aliphatic carbocycles. The maximum Gasteiger partial charge on any atom is 0.203 e. The summed E-state index contributed by atoms with van der Waals surface area (Å²) in [5.41, 5.74) is 1.80. The number of ether oxygens (including phenoxy) is 3. The molecule has 1 aromatic carbocycles. The van der Waals surface area contributed by atoms with Gasteiger partial charge in [0.25, 0.3) is 0 Å². The molecule has 100 valence electrons. The quantitative estimate of drug-likeness (QED) is 0.877. The highest BCUT2D eigenvalue weighted by Crippen LogP contribution is 2.45. The number of β-amino-alcohol motifs (C(OH)–C–C–N with tert-alkyl or cyclic N) is 1. The minimum Gasteiger partial charge on any atom is -0.493 e. The van der Waals surface area contributed by atoms with Crippen molar-refractivity contribution in [1.29, 1.82) is 0 Å². The molecule has 0 fully saturated rings. The van der Waals surface area contributed by atoms with Gasteiger partial charge in [-0.3, -0.25) is 4.90 Å². The number of methoxy groups -OCH3 is 3. The predicted molar refractivity (Wildman–Crippen MR) is 67.4 cm³/mol. The Labute approximate surface area is 107 Å². The Bertz CT molecular complexity index is 447. The van der Waals surface area contributed by atoms with Gasteiger partial charge in [0, 0.05) is 18.7 Å². The molecular formula is C13H19NO4. The van der Waals surface area contributed by atoms with Crippen LogP contribution in [0.1, 0.15) is 17.2 Å². The smallest absolute Gasteiger partial charge is 0.203 e. The van der Waals surface area contributed by atoms with Gasteiger partial charge in [-0.05, 0) is 18.7 Å². The zero-order valence-corrected chi connectivity index (χ0v) is 11.2. The molecule has 1 aliphatic heterocycles. The summed E-state index contributed by atoms with van der Waals surface area (Å²) < 4.78 is 16.1. The number of aliphatic hydroxyl groups excluding tert-OH is 1. The van der Waals surface area contributed by atoms with Crippen LogP contribution >= 0.6 is 0 Å². The molecule has 1 aliphatic rings. The van der Waals surface area contributed by atoms with Gasteiger partial charge in [0.15, 0.2) is 11.5 Å². The molecule has 1 N–H and O–H groups in total. The van der Waals surface area contributed by atoms with Crippen LogP contribution in [0.3, 0.4) is 0 Å². The Kier molecular flexibility index (Phi) is 3.63. The average Bonchev–Trinajstić information content (AvgIpc) is 2.36. The molecule has 0 radical (unpaired) electrons. The number of rotatable bonds is 3. The van der Waals surface area contributed by atoms with Gasteiger partial charge in [0.05, 0.1) is 27.4 Å². The SMILES string of the molecule is COc1cc2c(c(OC)c1OC)CN(C)C[C@@H]2O. The minimum absolute atomic E-state index is 0.535. The number of fused-ring (bicyclic) bond motifs is 1. The van der Waals surface area contributed by atoms with Crippen molar-refractivity contribution in [2.45, 2.75) is 12.6 Å². The summed E-state index contributed by atoms with van der Waals surface area (Å²) in [4.78, 5) is 2.04. The van der Waals surface area contributed by atoms with E-state index in [1.165, 1.54) is 0 Å². The number of hydrogen-bond acceptors (Lipinski definition) is 5. The lowest BCUT2D eigenvalue weighted by Gasteiger charge is -2.31. The van der Waals surface area contributed by atoms with E-state index in [4.69, 9.17) is 14.2 Å². The Morgan fingerprint density at radius 1 is 1.17 bits per heavy atom. The fourth-order valence-corrected chi connectivity index (χ4v) is 2.42. The van der Waals surface area contributed by atoms with Crippen molar-refractivity contribution in [3.63, 3.8) is 0 Å². The third kappa shape index (κ3) is 2.00. The van der Waals surface area contributed by atoms with E-state index in [-0.39, 0.29) is 0 Å². The molecule has 1 aromatic rings. The first-order valence-electron chi connectivity index (χ1n) is 5.80. The van der Waals surface area contributed by atoms with Crippen molar-refractivity contribution >= 4 is 0 Å². The standard InChI is InChI=1S/C13H19NO4/c1-14-6-9-8(10(15)7-14)5-11(16-2)13(18-4)12(9)17-3/h5,10,15H,6-7H2,1-4H3/t10-/m0/s1. The van der Waals surface area contributed by atoms with Gasteiger partial charge in [-0.15, -0.1) is 0 Å². The first kappa shape index (κ1) is 13.0. The highest BCUT2D eigenvalue weighted by molar-refractivity contribution is 5.60. The van der Waals surface area contributed by atoms with Crippen molar-refractivity contribution in [2.24, 2.45) is 0 Å². The molecule has 2 rings (SSSR count). The van der Waals surface area contributed by atoms with Gasteiger partial charge in [-0.1, -0.05) is 0 Å². The summed E-state index contributed by atoms with van der Waals surface area (Å²) in [5.74, 6) is 1.79. The molecular weight excluding hydrogens is 234 g/mol. The van der Waals surface area contributed by atoms with E-state index in [1.807, 2.05) is 18.0 Å². The Morgan fingerprint density at radius 3 is 2.39 bits per heavy atom. The molecule has 0 aromatic heterocycles. The van der Waals surface area contributed by atoms with Gasteiger partial charge in [-0.2, -0.15) is 0 Å². The Balaban J connectivity index is 2.64. The van der Waals surface area contributed by atoms with Gasteiger partial charge < -0.3 is 19.3 Å². The summed E-state index contributed by atoms with van der Waals surface area (Å²) in [6.07, 6.45) is -0.535. The predicted octanol–water partition coefficient (Wildman–Crippen LogP) is 1.19. The molecule has 5 heteroatoms. The topological polar surface area (TPSA) is 51.2 Å². The lowest BCUT2D eigenvalue weighted by atomic mass is 9.95. The van der Waals surface area contributed by atoms with Crippen LogP contribution in [0.25, 0.3) is 0 Å². The highest BCUT2D eigenvalue weighted by atomic mass is 16.5. The third-order valence-corrected chi connectivity index (χ3v) is 3.24. The Morgan fingerprint density at radius 2 is 1.83 bits per heavy atom. The van der Waals surface area contributed by atoms with Crippen LogP contribution in [0.2, 0.25) is 0 Å². The van der Waals surface area contributed by atoms with Crippen LogP contribution in [-0.4, -0.2) is 44.9 Å². The Hall–Kier alpha value is -1.46. The summed E-state index contributed by atoms with van der Waals surface area (Å²) in [6.45, 7) is 1.32. The zero-order chi connectivity index (χ0) is 13.3. The molecule has 0 saturated heterocycles. The summed E-state index contributed by atoms with van der Waals surface area (Å²) in [7, 11) is 6.71. The first-order chi connectivity index (χ1) is 8.62. The normalized spacial score (nSPS) is 19.3. The summed E-state index contributed by atoms with van der Waals surface area (Å²) >= 11 is 0. The van der Waals surface area contributed by atoms with Crippen molar-refractivity contribution in [3.05, 3.63) is 17.2 Å². The number of hydrogen-bond donors (Lipinski definition) is 1. The van der Waals surface area contributed by atoms with Crippen LogP contribution in [0.15, 0.2) is 6.07 Å². The fourth-order valence-electron chi connectivity index (χ4n) is 2.42. The first-order valence-corrected chi connectivity index (χ1v) is 5.80. The van der Waals surface area contributed by atoms with Crippen LogP contribution in [0, 0.1) is 0 Å². The zero-order valence-electron chi connectivity index (χ0n) is 11.2. The van der Waals surface area contributed by atoms with Crippen LogP contribution in [0.4, 0.5) is 0 Å². The number of benzene rings is 1. The minimum atomic E-state index is -0.535. The number of aliphatic hydroxyl groups is 1. The molecule has 1 heterocycles. The molecule has 0 saturated carbocycles. The molecule has 0 bridgehead atoms. The van der Waals surface area contributed by atoms with Crippen LogP contribution < -0.4 is 14.2 Å². The second kappa shape index (κ2) is 5.04. The van der Waals surface area contributed by atoms with Gasteiger partial charge >= 0.3 is 0 Å². The second-order valence-electron chi connectivity index (χ2n) is 4.43. The van der Waals surface area contributed by atoms with Gasteiger partial charge in [0.1, 0.15) is 0 Å². The maximum absolute atomic E-state index is 10.1. The van der Waals surface area contributed by atoms with Gasteiger partial charge in [-0.25, -0.2) is 0 Å². The summed E-state index contributed by atoms with van der Waals surface area (Å²) in [5, 5.41) is 10.1. The fraction of sp³-hybridized carbons (Fsp3) is 0.538. The summed E-state index contributed by atoms with van der Waals surface area (Å²) in [6, 6.07) is 1.83. The van der Waals surface area contributed by atoms with E-state index in [2.05, 4.69) is 0 Å². The lowest BCUT2D eigenvalue weighted by Crippen LogP contribution is -2.30. The number of likely N-dealkylation sites (N-methyl/N-ethyl adjacent to an activating group) is 1.